The number of rotatable bonds is 3. The third-order valence-corrected chi connectivity index (χ3v) is 5.85. The molecule has 0 aromatic heterocycles. The second-order valence-electron chi connectivity index (χ2n) is 7.48. The number of allylic oxidation sites excluding steroid dienone is 5. The first kappa shape index (κ1) is 15.4. The van der Waals surface area contributed by atoms with Gasteiger partial charge < -0.3 is 11.1 Å². The van der Waals surface area contributed by atoms with E-state index in [0.29, 0.717) is 0 Å². The number of nitrogens with one attached hydrogen (secondary N) is 1. The highest BCUT2D eigenvalue weighted by Gasteiger charge is 2.41. The Kier molecular flexibility index (Phi) is 3.49. The second kappa shape index (κ2) is 5.87. The average molecular weight is 341 g/mol. The molecule has 2 aliphatic carbocycles. The van der Waals surface area contributed by atoms with Crippen LogP contribution in [0.5, 0.6) is 0 Å². The lowest BCUT2D eigenvalue weighted by atomic mass is 9.76. The first-order valence-corrected chi connectivity index (χ1v) is 9.45. The van der Waals surface area contributed by atoms with Crippen LogP contribution in [0.1, 0.15) is 29.5 Å². The Labute approximate surface area is 154 Å². The van der Waals surface area contributed by atoms with Gasteiger partial charge in [0.1, 0.15) is 5.54 Å². The number of hydrogen-bond acceptors (Lipinski definition) is 3. The Bertz CT molecular complexity index is 956. The van der Waals surface area contributed by atoms with E-state index in [1.807, 2.05) is 6.08 Å². The standard InChI is InChI=1S/C23H23N3/c24-21-15-25-22-6-1-2-13-23(22)20(21)12-11-19(26-23)10-8-16-7-9-17-4-3-5-18(17)14-16/h1-2,6-7,9,11-15,26H,3-5,8,10,24H2. The Morgan fingerprint density at radius 2 is 2.00 bits per heavy atom. The number of nitrogens with zero attached hydrogens (tertiary/aromatic N) is 1. The fraction of sp³-hybridized carbons (Fsp3) is 0.261. The molecule has 0 bridgehead atoms. The molecular weight excluding hydrogens is 318 g/mol. The van der Waals surface area contributed by atoms with E-state index in [1.165, 1.54) is 30.5 Å². The number of nitrogens with two attached hydrogens (primary N) is 1. The minimum atomic E-state index is -0.407. The molecule has 3 N–H and O–H groups in total. The van der Waals surface area contributed by atoms with E-state index < -0.39 is 5.54 Å². The van der Waals surface area contributed by atoms with Crippen LogP contribution in [0.15, 0.2) is 82.8 Å². The normalized spacial score (nSPS) is 25.2. The van der Waals surface area contributed by atoms with E-state index >= 15 is 0 Å². The number of hydrogen-bond donors (Lipinski definition) is 2. The van der Waals surface area contributed by atoms with Crippen molar-refractivity contribution in [2.45, 2.75) is 37.6 Å². The van der Waals surface area contributed by atoms with Crippen molar-refractivity contribution < 1.29 is 0 Å². The minimum Gasteiger partial charge on any atom is -0.397 e. The van der Waals surface area contributed by atoms with Gasteiger partial charge in [-0.2, -0.15) is 0 Å². The largest absolute Gasteiger partial charge is 0.397 e. The van der Waals surface area contributed by atoms with E-state index in [4.69, 9.17) is 5.73 Å². The van der Waals surface area contributed by atoms with Crippen molar-refractivity contribution >= 4 is 5.71 Å². The summed E-state index contributed by atoms with van der Waals surface area (Å²) < 4.78 is 0. The fourth-order valence-corrected chi connectivity index (χ4v) is 4.46. The van der Waals surface area contributed by atoms with Gasteiger partial charge in [0.15, 0.2) is 0 Å². The molecule has 0 saturated heterocycles. The highest BCUT2D eigenvalue weighted by Crippen LogP contribution is 2.35. The molecule has 0 radical (unpaired) electrons. The van der Waals surface area contributed by atoms with E-state index in [1.54, 1.807) is 17.3 Å². The van der Waals surface area contributed by atoms with Gasteiger partial charge in [0.05, 0.1) is 17.6 Å². The smallest absolute Gasteiger partial charge is 0.126 e. The Hall–Kier alpha value is -2.81. The summed E-state index contributed by atoms with van der Waals surface area (Å²) >= 11 is 0. The van der Waals surface area contributed by atoms with Gasteiger partial charge >= 0.3 is 0 Å². The Morgan fingerprint density at radius 3 is 2.96 bits per heavy atom. The van der Waals surface area contributed by atoms with Gasteiger partial charge in [-0.1, -0.05) is 36.4 Å². The molecular formula is C23H23N3. The molecule has 130 valence electrons. The maximum atomic E-state index is 6.21. The summed E-state index contributed by atoms with van der Waals surface area (Å²) in [6.07, 6.45) is 20.2. The van der Waals surface area contributed by atoms with Crippen LogP contribution >= 0.6 is 0 Å². The highest BCUT2D eigenvalue weighted by molar-refractivity contribution is 6.10. The molecule has 1 aromatic carbocycles. The molecule has 1 spiro atoms. The lowest BCUT2D eigenvalue weighted by molar-refractivity contribution is 0.614. The SMILES string of the molecule is NC1=CN=C2C=CC=CC23NC(CCc2ccc4c(c2)CCC4)=CC=C13. The topological polar surface area (TPSA) is 50.4 Å². The van der Waals surface area contributed by atoms with Crippen LogP contribution in [0.2, 0.25) is 0 Å². The third-order valence-electron chi connectivity index (χ3n) is 5.85. The van der Waals surface area contributed by atoms with Gasteiger partial charge in [0.25, 0.3) is 0 Å². The summed E-state index contributed by atoms with van der Waals surface area (Å²) in [7, 11) is 0. The molecule has 2 heterocycles. The van der Waals surface area contributed by atoms with Crippen LogP contribution < -0.4 is 11.1 Å². The second-order valence-corrected chi connectivity index (χ2v) is 7.48. The zero-order chi connectivity index (χ0) is 17.6. The molecule has 0 fully saturated rings. The summed E-state index contributed by atoms with van der Waals surface area (Å²) in [5.74, 6) is 0. The lowest BCUT2D eigenvalue weighted by Crippen LogP contribution is -2.55. The van der Waals surface area contributed by atoms with Crippen molar-refractivity contribution in [3.05, 3.63) is 94.5 Å². The van der Waals surface area contributed by atoms with Gasteiger partial charge in [0, 0.05) is 11.3 Å². The van der Waals surface area contributed by atoms with Crippen LogP contribution in [0.3, 0.4) is 0 Å². The van der Waals surface area contributed by atoms with Gasteiger partial charge in [-0.3, -0.25) is 4.99 Å². The number of fused-ring (bicyclic) bond motifs is 1. The number of aryl methyl sites for hydroxylation is 3. The maximum Gasteiger partial charge on any atom is 0.126 e. The van der Waals surface area contributed by atoms with E-state index in [-0.39, 0.29) is 0 Å². The van der Waals surface area contributed by atoms with Crippen molar-refractivity contribution in [1.82, 2.24) is 5.32 Å². The number of aliphatic imine (C=N–C) groups is 1. The van der Waals surface area contributed by atoms with Gasteiger partial charge in [-0.15, -0.1) is 0 Å². The fourth-order valence-electron chi connectivity index (χ4n) is 4.46. The van der Waals surface area contributed by atoms with Gasteiger partial charge in [0.2, 0.25) is 0 Å². The van der Waals surface area contributed by atoms with Gasteiger partial charge in [-0.05, 0) is 67.0 Å². The molecule has 1 atom stereocenters. The van der Waals surface area contributed by atoms with Crippen molar-refractivity contribution in [3.8, 4) is 0 Å². The van der Waals surface area contributed by atoms with Crippen LogP contribution in [-0.2, 0) is 19.3 Å². The first-order valence-electron chi connectivity index (χ1n) is 9.45. The Balaban J connectivity index is 1.38. The van der Waals surface area contributed by atoms with Crippen molar-refractivity contribution in [2.24, 2.45) is 10.7 Å². The molecule has 0 amide bonds. The van der Waals surface area contributed by atoms with E-state index in [0.717, 1.165) is 29.8 Å². The molecule has 1 unspecified atom stereocenters. The lowest BCUT2D eigenvalue weighted by Gasteiger charge is -2.41. The number of benzene rings is 1. The first-order chi connectivity index (χ1) is 12.7. The monoisotopic (exact) mass is 341 g/mol. The maximum absolute atomic E-state index is 6.21. The predicted molar refractivity (Wildman–Crippen MR) is 107 cm³/mol. The summed E-state index contributed by atoms with van der Waals surface area (Å²) in [6, 6.07) is 7.02. The summed E-state index contributed by atoms with van der Waals surface area (Å²) in [5.41, 5.74) is 14.4. The molecule has 0 saturated carbocycles. The van der Waals surface area contributed by atoms with Crippen LogP contribution in [0.25, 0.3) is 0 Å². The molecule has 3 nitrogen and oxygen atoms in total. The van der Waals surface area contributed by atoms with E-state index in [9.17, 15) is 0 Å². The molecule has 2 aliphatic heterocycles. The Morgan fingerprint density at radius 1 is 1.08 bits per heavy atom. The zero-order valence-corrected chi connectivity index (χ0v) is 14.8. The van der Waals surface area contributed by atoms with Gasteiger partial charge in [-0.25, -0.2) is 0 Å². The third kappa shape index (κ3) is 2.38. The quantitative estimate of drug-likeness (QED) is 0.882. The summed E-state index contributed by atoms with van der Waals surface area (Å²) in [5, 5.41) is 3.73. The minimum absolute atomic E-state index is 0.407. The molecule has 5 rings (SSSR count). The molecule has 4 aliphatic rings. The van der Waals surface area contributed by atoms with Crippen LogP contribution in [0.4, 0.5) is 0 Å². The van der Waals surface area contributed by atoms with Crippen molar-refractivity contribution in [3.63, 3.8) is 0 Å². The highest BCUT2D eigenvalue weighted by atomic mass is 15.0. The molecule has 26 heavy (non-hydrogen) atoms. The van der Waals surface area contributed by atoms with Crippen molar-refractivity contribution in [1.29, 1.82) is 0 Å². The summed E-state index contributed by atoms with van der Waals surface area (Å²) in [6.45, 7) is 0. The van der Waals surface area contributed by atoms with E-state index in [2.05, 4.69) is 58.9 Å². The summed E-state index contributed by atoms with van der Waals surface area (Å²) in [4.78, 5) is 4.56. The zero-order valence-electron chi connectivity index (χ0n) is 14.8. The van der Waals surface area contributed by atoms with Crippen LogP contribution in [-0.4, -0.2) is 11.3 Å². The molecule has 3 heteroatoms. The number of dihydropyridines is 1. The average Bonchev–Trinajstić information content (AvgIpc) is 3.13. The predicted octanol–water partition coefficient (Wildman–Crippen LogP) is 3.64. The van der Waals surface area contributed by atoms with Crippen LogP contribution in [0, 0.1) is 0 Å². The molecule has 1 aromatic rings. The van der Waals surface area contributed by atoms with Crippen molar-refractivity contribution in [2.75, 3.05) is 0 Å².